The Balaban J connectivity index is 3.17. The summed E-state index contributed by atoms with van der Waals surface area (Å²) in [4.78, 5) is 14.6. The smallest absolute Gasteiger partial charge is 0.354 e. The second-order valence-corrected chi connectivity index (χ2v) is 2.63. The van der Waals surface area contributed by atoms with E-state index in [0.29, 0.717) is 5.56 Å². The van der Waals surface area contributed by atoms with Crippen molar-refractivity contribution in [2.75, 3.05) is 0 Å². The predicted molar refractivity (Wildman–Crippen MR) is 45.3 cm³/mol. The van der Waals surface area contributed by atoms with E-state index in [9.17, 15) is 4.79 Å². The zero-order chi connectivity index (χ0) is 9.14. The molecule has 0 aliphatic heterocycles. The van der Waals surface area contributed by atoms with Crippen molar-refractivity contribution < 1.29 is 9.90 Å². The third-order valence-electron chi connectivity index (χ3n) is 1.72. The van der Waals surface area contributed by atoms with Crippen LogP contribution in [0.5, 0.6) is 0 Å². The molecule has 3 heteroatoms. The summed E-state index contributed by atoms with van der Waals surface area (Å²) in [5, 5.41) is 8.72. The van der Waals surface area contributed by atoms with Gasteiger partial charge in [0.05, 0.1) is 0 Å². The molecule has 0 bridgehead atoms. The quantitative estimate of drug-likeness (QED) is 0.724. The number of pyridine rings is 1. The molecule has 0 radical (unpaired) electrons. The van der Waals surface area contributed by atoms with E-state index in [2.05, 4.69) is 4.98 Å². The topological polar surface area (TPSA) is 50.2 Å². The van der Waals surface area contributed by atoms with Gasteiger partial charge in [0.2, 0.25) is 0 Å². The average Bonchev–Trinajstić information content (AvgIpc) is 2.05. The van der Waals surface area contributed by atoms with Crippen LogP contribution in [0.2, 0.25) is 0 Å². The van der Waals surface area contributed by atoms with Crippen molar-refractivity contribution in [3.63, 3.8) is 0 Å². The minimum atomic E-state index is -0.956. The number of rotatable bonds is 2. The van der Waals surface area contributed by atoms with Crippen molar-refractivity contribution in [3.8, 4) is 0 Å². The van der Waals surface area contributed by atoms with Crippen molar-refractivity contribution in [1.29, 1.82) is 0 Å². The molecule has 1 N–H and O–H groups in total. The van der Waals surface area contributed by atoms with Crippen LogP contribution in [-0.4, -0.2) is 16.1 Å². The van der Waals surface area contributed by atoms with Crippen LogP contribution in [0.1, 0.15) is 28.7 Å². The monoisotopic (exact) mass is 165 g/mol. The molecule has 0 spiro atoms. The fraction of sp³-hybridized carbons (Fsp3) is 0.333. The van der Waals surface area contributed by atoms with Crippen molar-refractivity contribution in [3.05, 3.63) is 29.1 Å². The van der Waals surface area contributed by atoms with E-state index in [1.54, 1.807) is 13.0 Å². The summed E-state index contributed by atoms with van der Waals surface area (Å²) in [5.41, 5.74) is 1.69. The van der Waals surface area contributed by atoms with E-state index in [4.69, 9.17) is 5.11 Å². The number of aryl methyl sites for hydroxylation is 2. The van der Waals surface area contributed by atoms with Gasteiger partial charge in [0, 0.05) is 5.69 Å². The highest BCUT2D eigenvalue weighted by atomic mass is 16.4. The molecule has 1 heterocycles. The Morgan fingerprint density at radius 2 is 2.25 bits per heavy atom. The van der Waals surface area contributed by atoms with Crippen LogP contribution in [0.3, 0.4) is 0 Å². The maximum atomic E-state index is 10.6. The lowest BCUT2D eigenvalue weighted by molar-refractivity contribution is 0.0689. The summed E-state index contributed by atoms with van der Waals surface area (Å²) in [7, 11) is 0. The highest BCUT2D eigenvalue weighted by Gasteiger charge is 2.08. The number of aromatic carboxylic acids is 1. The van der Waals surface area contributed by atoms with Crippen molar-refractivity contribution in [2.45, 2.75) is 20.3 Å². The van der Waals surface area contributed by atoms with Gasteiger partial charge in [-0.1, -0.05) is 13.0 Å². The first kappa shape index (κ1) is 8.71. The standard InChI is InChI=1S/C9H11NO2/c1-3-7-5-4-6(2)8(10-7)9(11)12/h4-5H,3H2,1-2H3,(H,11,12). The lowest BCUT2D eigenvalue weighted by Crippen LogP contribution is -2.05. The summed E-state index contributed by atoms with van der Waals surface area (Å²) >= 11 is 0. The van der Waals surface area contributed by atoms with E-state index in [1.807, 2.05) is 13.0 Å². The molecular weight excluding hydrogens is 154 g/mol. The van der Waals surface area contributed by atoms with E-state index in [0.717, 1.165) is 12.1 Å². The molecule has 0 aliphatic rings. The van der Waals surface area contributed by atoms with Crippen LogP contribution in [0.4, 0.5) is 0 Å². The van der Waals surface area contributed by atoms with E-state index in [-0.39, 0.29) is 5.69 Å². The second-order valence-electron chi connectivity index (χ2n) is 2.63. The molecule has 12 heavy (non-hydrogen) atoms. The Morgan fingerprint density at radius 1 is 1.58 bits per heavy atom. The minimum Gasteiger partial charge on any atom is -0.477 e. The molecule has 0 atom stereocenters. The number of carbonyl (C=O) groups is 1. The molecule has 0 unspecified atom stereocenters. The fourth-order valence-corrected chi connectivity index (χ4v) is 0.983. The molecule has 0 saturated heterocycles. The summed E-state index contributed by atoms with van der Waals surface area (Å²) in [6.07, 6.45) is 0.764. The molecule has 1 aromatic heterocycles. The molecule has 64 valence electrons. The number of hydrogen-bond acceptors (Lipinski definition) is 2. The first-order valence-electron chi connectivity index (χ1n) is 3.85. The summed E-state index contributed by atoms with van der Waals surface area (Å²) in [6, 6.07) is 3.64. The Labute approximate surface area is 71.1 Å². The van der Waals surface area contributed by atoms with Crippen LogP contribution in [0.15, 0.2) is 12.1 Å². The van der Waals surface area contributed by atoms with Gasteiger partial charge in [-0.3, -0.25) is 0 Å². The van der Waals surface area contributed by atoms with Gasteiger partial charge in [-0.2, -0.15) is 0 Å². The van der Waals surface area contributed by atoms with Crippen LogP contribution < -0.4 is 0 Å². The first-order valence-corrected chi connectivity index (χ1v) is 3.85. The van der Waals surface area contributed by atoms with E-state index < -0.39 is 5.97 Å². The third-order valence-corrected chi connectivity index (χ3v) is 1.72. The maximum absolute atomic E-state index is 10.6. The highest BCUT2D eigenvalue weighted by Crippen LogP contribution is 2.06. The van der Waals surface area contributed by atoms with Crippen LogP contribution in [0.25, 0.3) is 0 Å². The Morgan fingerprint density at radius 3 is 2.75 bits per heavy atom. The van der Waals surface area contributed by atoms with Crippen LogP contribution in [0, 0.1) is 6.92 Å². The molecule has 0 fully saturated rings. The van der Waals surface area contributed by atoms with Gasteiger partial charge in [0.1, 0.15) is 0 Å². The van der Waals surface area contributed by atoms with E-state index >= 15 is 0 Å². The number of hydrogen-bond donors (Lipinski definition) is 1. The van der Waals surface area contributed by atoms with Gasteiger partial charge in [0.15, 0.2) is 5.69 Å². The SMILES string of the molecule is CCc1ccc(C)c(C(=O)O)n1. The normalized spacial score (nSPS) is 9.83. The van der Waals surface area contributed by atoms with Gasteiger partial charge in [0.25, 0.3) is 0 Å². The van der Waals surface area contributed by atoms with Gasteiger partial charge < -0.3 is 5.11 Å². The molecule has 0 saturated carbocycles. The average molecular weight is 165 g/mol. The predicted octanol–water partition coefficient (Wildman–Crippen LogP) is 1.65. The largest absolute Gasteiger partial charge is 0.477 e. The number of nitrogens with zero attached hydrogens (tertiary/aromatic N) is 1. The summed E-state index contributed by atoms with van der Waals surface area (Å²) in [5.74, 6) is -0.956. The summed E-state index contributed by atoms with van der Waals surface area (Å²) < 4.78 is 0. The van der Waals surface area contributed by atoms with Gasteiger partial charge in [-0.15, -0.1) is 0 Å². The summed E-state index contributed by atoms with van der Waals surface area (Å²) in [6.45, 7) is 3.69. The fourth-order valence-electron chi connectivity index (χ4n) is 0.983. The molecule has 0 aromatic carbocycles. The van der Waals surface area contributed by atoms with Crippen molar-refractivity contribution in [1.82, 2.24) is 4.98 Å². The number of carboxylic acids is 1. The number of carboxylic acid groups (broad SMARTS) is 1. The lowest BCUT2D eigenvalue weighted by atomic mass is 10.2. The Bertz CT molecular complexity index is 307. The third kappa shape index (κ3) is 1.61. The molecular formula is C9H11NO2. The first-order chi connectivity index (χ1) is 5.65. The Hall–Kier alpha value is -1.38. The van der Waals surface area contributed by atoms with Gasteiger partial charge in [-0.25, -0.2) is 9.78 Å². The molecule has 1 aromatic rings. The Kier molecular flexibility index (Phi) is 2.43. The van der Waals surface area contributed by atoms with Gasteiger partial charge in [-0.05, 0) is 25.0 Å². The zero-order valence-electron chi connectivity index (χ0n) is 7.16. The molecule has 0 amide bonds. The van der Waals surface area contributed by atoms with Gasteiger partial charge >= 0.3 is 5.97 Å². The lowest BCUT2D eigenvalue weighted by Gasteiger charge is -2.01. The molecule has 0 aliphatic carbocycles. The zero-order valence-corrected chi connectivity index (χ0v) is 7.16. The molecule has 1 rings (SSSR count). The van der Waals surface area contributed by atoms with Crippen LogP contribution in [-0.2, 0) is 6.42 Å². The molecule has 3 nitrogen and oxygen atoms in total. The highest BCUT2D eigenvalue weighted by molar-refractivity contribution is 5.86. The maximum Gasteiger partial charge on any atom is 0.354 e. The number of aromatic nitrogens is 1. The van der Waals surface area contributed by atoms with Crippen molar-refractivity contribution >= 4 is 5.97 Å². The van der Waals surface area contributed by atoms with E-state index in [1.165, 1.54) is 0 Å². The van der Waals surface area contributed by atoms with Crippen molar-refractivity contribution in [2.24, 2.45) is 0 Å². The second kappa shape index (κ2) is 3.34. The van der Waals surface area contributed by atoms with Crippen LogP contribution >= 0.6 is 0 Å². The minimum absolute atomic E-state index is 0.161.